The van der Waals surface area contributed by atoms with E-state index in [0.717, 1.165) is 16.2 Å². The van der Waals surface area contributed by atoms with Crippen LogP contribution < -0.4 is 14.8 Å². The molecule has 7 heteroatoms. The molecule has 0 saturated carbocycles. The maximum Gasteiger partial charge on any atom is 0.431 e. The van der Waals surface area contributed by atoms with Gasteiger partial charge in [0.15, 0.2) is 11.5 Å². The molecule has 0 fully saturated rings. The van der Waals surface area contributed by atoms with E-state index in [2.05, 4.69) is 49.5 Å². The zero-order chi connectivity index (χ0) is 23.8. The summed E-state index contributed by atoms with van der Waals surface area (Å²) in [6.07, 6.45) is -0.285. The van der Waals surface area contributed by atoms with Gasteiger partial charge in [0.05, 0.1) is 13.7 Å². The number of hydroxylamine groups is 2. The Morgan fingerprint density at radius 3 is 2.36 bits per heavy atom. The minimum Gasteiger partial charge on any atom is -0.493 e. The average molecular weight is 449 g/mol. The summed E-state index contributed by atoms with van der Waals surface area (Å²) in [5.41, 5.74) is 6.60. The van der Waals surface area contributed by atoms with Crippen LogP contribution in [0.5, 0.6) is 11.5 Å². The largest absolute Gasteiger partial charge is 0.493 e. The molecule has 3 aromatic rings. The lowest BCUT2D eigenvalue weighted by atomic mass is 9.95. The summed E-state index contributed by atoms with van der Waals surface area (Å²) in [5, 5.41) is 3.19. The lowest BCUT2D eigenvalue weighted by Gasteiger charge is -2.17. The van der Waals surface area contributed by atoms with E-state index >= 15 is 0 Å². The van der Waals surface area contributed by atoms with Crippen molar-refractivity contribution in [2.75, 3.05) is 14.2 Å². The van der Waals surface area contributed by atoms with Gasteiger partial charge in [-0.25, -0.2) is 4.79 Å². The van der Waals surface area contributed by atoms with E-state index < -0.39 is 6.09 Å². The summed E-state index contributed by atoms with van der Waals surface area (Å²) >= 11 is 0. The van der Waals surface area contributed by atoms with E-state index in [9.17, 15) is 9.59 Å². The number of methoxy groups -OCH3 is 1. The maximum absolute atomic E-state index is 11.3. The van der Waals surface area contributed by atoms with Crippen molar-refractivity contribution in [3.8, 4) is 22.6 Å². The number of nitrogens with zero attached hydrogens (tertiary/aromatic N) is 1. The predicted octanol–water partition coefficient (Wildman–Crippen LogP) is 4.79. The van der Waals surface area contributed by atoms with Gasteiger partial charge < -0.3 is 19.6 Å². The van der Waals surface area contributed by atoms with Crippen molar-refractivity contribution in [3.63, 3.8) is 0 Å². The maximum atomic E-state index is 11.3. The van der Waals surface area contributed by atoms with Crippen LogP contribution in [0, 0.1) is 13.8 Å². The highest BCUT2D eigenvalue weighted by Gasteiger charge is 2.13. The minimum absolute atomic E-state index is 0.0748. The second-order valence-electron chi connectivity index (χ2n) is 7.55. The van der Waals surface area contributed by atoms with Crippen LogP contribution in [0.4, 0.5) is 4.79 Å². The first kappa shape index (κ1) is 23.7. The first-order valence-corrected chi connectivity index (χ1v) is 10.5. The molecule has 0 aliphatic rings. The van der Waals surface area contributed by atoms with Crippen LogP contribution in [-0.4, -0.2) is 31.7 Å². The quantitative estimate of drug-likeness (QED) is 0.376. The summed E-state index contributed by atoms with van der Waals surface area (Å²) in [6, 6.07) is 19.9. The highest BCUT2D eigenvalue weighted by atomic mass is 16.7. The lowest BCUT2D eigenvalue weighted by Crippen LogP contribution is -2.30. The Balaban J connectivity index is 1.73. The summed E-state index contributed by atoms with van der Waals surface area (Å²) in [7, 11) is 2.96. The fraction of sp³-hybridized carbons (Fsp3) is 0.231. The molecule has 0 heterocycles. The second kappa shape index (κ2) is 11.0. The van der Waals surface area contributed by atoms with Crippen molar-refractivity contribution in [2.24, 2.45) is 0 Å². The van der Waals surface area contributed by atoms with E-state index in [1.165, 1.54) is 23.7 Å². The number of hydrogen-bond acceptors (Lipinski definition) is 5. The van der Waals surface area contributed by atoms with Crippen molar-refractivity contribution in [2.45, 2.75) is 27.0 Å². The third-order valence-electron chi connectivity index (χ3n) is 5.18. The van der Waals surface area contributed by atoms with E-state index in [0.29, 0.717) is 30.1 Å². The zero-order valence-corrected chi connectivity index (χ0v) is 19.3. The second-order valence-corrected chi connectivity index (χ2v) is 7.55. The molecule has 2 amide bonds. The summed E-state index contributed by atoms with van der Waals surface area (Å²) in [4.78, 5) is 27.4. The molecular formula is C26H28N2O5. The van der Waals surface area contributed by atoms with E-state index in [-0.39, 0.29) is 6.54 Å². The van der Waals surface area contributed by atoms with Gasteiger partial charge in [-0.3, -0.25) is 4.79 Å². The van der Waals surface area contributed by atoms with E-state index in [1.54, 1.807) is 25.3 Å². The molecule has 172 valence electrons. The van der Waals surface area contributed by atoms with Crippen LogP contribution in [0.3, 0.4) is 0 Å². The molecule has 1 N–H and O–H groups in total. The normalized spacial score (nSPS) is 10.3. The van der Waals surface area contributed by atoms with Crippen molar-refractivity contribution >= 4 is 12.5 Å². The number of hydrogen-bond donors (Lipinski definition) is 1. The minimum atomic E-state index is -0.725. The summed E-state index contributed by atoms with van der Waals surface area (Å²) < 4.78 is 11.5. The Morgan fingerprint density at radius 2 is 1.70 bits per heavy atom. The monoisotopic (exact) mass is 448 g/mol. The molecule has 33 heavy (non-hydrogen) atoms. The molecule has 0 bridgehead atoms. The van der Waals surface area contributed by atoms with Crippen LogP contribution in [0.15, 0.2) is 60.7 Å². The third-order valence-corrected chi connectivity index (χ3v) is 5.18. The van der Waals surface area contributed by atoms with Crippen LogP contribution in [0.1, 0.15) is 22.3 Å². The van der Waals surface area contributed by atoms with E-state index in [4.69, 9.17) is 14.3 Å². The molecule has 7 nitrogen and oxygen atoms in total. The zero-order valence-electron chi connectivity index (χ0n) is 19.3. The van der Waals surface area contributed by atoms with E-state index in [1.807, 2.05) is 12.1 Å². The SMILES string of the molecule is CNC(=O)ON(C=O)Cc1ccc(OCc2cccc(-c3c(C)cccc3C)c2)c(OC)c1. The number of amides is 2. The molecule has 3 aromatic carbocycles. The number of carbonyl (C=O) groups excluding carboxylic acids is 2. The van der Waals surface area contributed by atoms with Crippen LogP contribution in [0.2, 0.25) is 0 Å². The number of nitrogens with one attached hydrogen (secondary N) is 1. The molecule has 0 atom stereocenters. The van der Waals surface area contributed by atoms with Crippen molar-refractivity contribution in [3.05, 3.63) is 82.9 Å². The third kappa shape index (κ3) is 6.04. The number of aryl methyl sites for hydroxylation is 2. The Morgan fingerprint density at radius 1 is 0.970 bits per heavy atom. The summed E-state index contributed by atoms with van der Waals surface area (Å²) in [5.74, 6) is 1.09. The number of carbonyl (C=O) groups is 2. The predicted molar refractivity (Wildman–Crippen MR) is 126 cm³/mol. The molecule has 3 rings (SSSR count). The Labute approximate surface area is 193 Å². The van der Waals surface area contributed by atoms with Crippen molar-refractivity contribution in [1.29, 1.82) is 0 Å². The van der Waals surface area contributed by atoms with Gasteiger partial charge in [0.1, 0.15) is 6.61 Å². The Hall–Kier alpha value is -4.00. The molecular weight excluding hydrogens is 420 g/mol. The van der Waals surface area contributed by atoms with Gasteiger partial charge in [0.25, 0.3) is 0 Å². The Kier molecular flexibility index (Phi) is 7.91. The van der Waals surface area contributed by atoms with Crippen LogP contribution >= 0.6 is 0 Å². The van der Waals surface area contributed by atoms with Crippen LogP contribution in [0.25, 0.3) is 11.1 Å². The van der Waals surface area contributed by atoms with Crippen LogP contribution in [-0.2, 0) is 22.8 Å². The number of benzene rings is 3. The molecule has 0 aromatic heterocycles. The fourth-order valence-electron chi connectivity index (χ4n) is 3.60. The lowest BCUT2D eigenvalue weighted by molar-refractivity contribution is -0.152. The standard InChI is InChI=1S/C26H28N2O5/c1-18-7-5-8-19(2)25(18)22-10-6-9-21(13-22)16-32-23-12-11-20(14-24(23)31-4)15-28(17-29)33-26(30)27-3/h5-14,17H,15-16H2,1-4H3,(H,27,30). The molecule has 0 aliphatic heterocycles. The molecule has 0 aliphatic carbocycles. The fourth-order valence-corrected chi connectivity index (χ4v) is 3.60. The van der Waals surface area contributed by atoms with Gasteiger partial charge in [0.2, 0.25) is 6.41 Å². The van der Waals surface area contributed by atoms with Gasteiger partial charge in [-0.05, 0) is 65.4 Å². The molecule has 0 spiro atoms. The van der Waals surface area contributed by atoms with Gasteiger partial charge in [-0.15, -0.1) is 0 Å². The smallest absolute Gasteiger partial charge is 0.431 e. The topological polar surface area (TPSA) is 77.1 Å². The van der Waals surface area contributed by atoms with Gasteiger partial charge in [0, 0.05) is 7.05 Å². The van der Waals surface area contributed by atoms with Gasteiger partial charge >= 0.3 is 6.09 Å². The first-order valence-electron chi connectivity index (χ1n) is 10.5. The summed E-state index contributed by atoms with van der Waals surface area (Å²) in [6.45, 7) is 4.67. The van der Waals surface area contributed by atoms with Crippen molar-refractivity contribution in [1.82, 2.24) is 10.4 Å². The Bertz CT molecular complexity index is 1110. The highest BCUT2D eigenvalue weighted by molar-refractivity contribution is 5.71. The first-order chi connectivity index (χ1) is 15.9. The average Bonchev–Trinajstić information content (AvgIpc) is 2.82. The number of rotatable bonds is 9. The molecule has 0 radical (unpaired) electrons. The van der Waals surface area contributed by atoms with Gasteiger partial charge in [-0.2, -0.15) is 5.06 Å². The van der Waals surface area contributed by atoms with Gasteiger partial charge in [-0.1, -0.05) is 42.5 Å². The number of ether oxygens (including phenoxy) is 2. The van der Waals surface area contributed by atoms with Crippen molar-refractivity contribution < 1.29 is 23.9 Å². The molecule has 0 saturated heterocycles. The molecule has 0 unspecified atom stereocenters. The highest BCUT2D eigenvalue weighted by Crippen LogP contribution is 2.31.